The second-order valence-electron chi connectivity index (χ2n) is 5.63. The molecule has 1 saturated heterocycles. The van der Waals surface area contributed by atoms with Crippen LogP contribution in [0.5, 0.6) is 5.75 Å². The lowest BCUT2D eigenvalue weighted by Gasteiger charge is -2.29. The summed E-state index contributed by atoms with van der Waals surface area (Å²) < 4.78 is 11.7. The predicted octanol–water partition coefficient (Wildman–Crippen LogP) is 3.42. The minimum Gasteiger partial charge on any atom is -0.485 e. The number of epoxide rings is 1. The minimum absolute atomic E-state index is 0.184. The molecule has 0 aliphatic carbocycles. The lowest BCUT2D eigenvalue weighted by atomic mass is 9.91. The first-order chi connectivity index (χ1) is 7.49. The molecular formula is C14H18O2. The third-order valence-corrected chi connectivity index (χ3v) is 3.56. The standard InChI is InChI=1S/C14H18O2/c1-8(2)9-5-6-11-10(7-9)12-13(15-12)14(3,4)16-11/h5-8,12-13H,1-4H3/t12-,13-/m0/s1. The summed E-state index contributed by atoms with van der Waals surface area (Å²) >= 11 is 0. The Balaban J connectivity index is 2.03. The fraction of sp³-hybridized carbons (Fsp3) is 0.571. The molecule has 1 fully saturated rings. The molecule has 3 rings (SSSR count). The van der Waals surface area contributed by atoms with Crippen LogP contribution in [0.2, 0.25) is 0 Å². The van der Waals surface area contributed by atoms with Gasteiger partial charge in [-0.25, -0.2) is 0 Å². The molecule has 2 heterocycles. The first-order valence-electron chi connectivity index (χ1n) is 5.97. The summed E-state index contributed by atoms with van der Waals surface area (Å²) in [5.41, 5.74) is 2.41. The maximum Gasteiger partial charge on any atom is 0.132 e. The van der Waals surface area contributed by atoms with Crippen LogP contribution in [-0.2, 0) is 4.74 Å². The quantitative estimate of drug-likeness (QED) is 0.674. The second-order valence-corrected chi connectivity index (χ2v) is 5.63. The Hall–Kier alpha value is -1.02. The van der Waals surface area contributed by atoms with Crippen molar-refractivity contribution in [2.75, 3.05) is 0 Å². The van der Waals surface area contributed by atoms with Gasteiger partial charge in [0.15, 0.2) is 0 Å². The van der Waals surface area contributed by atoms with Crippen LogP contribution in [0.25, 0.3) is 0 Å². The van der Waals surface area contributed by atoms with Crippen LogP contribution >= 0.6 is 0 Å². The number of fused-ring (bicyclic) bond motifs is 3. The molecule has 0 aromatic heterocycles. The van der Waals surface area contributed by atoms with Gasteiger partial charge in [0.1, 0.15) is 23.6 Å². The molecular weight excluding hydrogens is 200 g/mol. The van der Waals surface area contributed by atoms with E-state index in [-0.39, 0.29) is 17.8 Å². The van der Waals surface area contributed by atoms with E-state index < -0.39 is 0 Å². The third kappa shape index (κ3) is 1.36. The van der Waals surface area contributed by atoms with Crippen molar-refractivity contribution in [3.8, 4) is 5.75 Å². The van der Waals surface area contributed by atoms with Gasteiger partial charge in [-0.3, -0.25) is 0 Å². The predicted molar refractivity (Wildman–Crippen MR) is 62.9 cm³/mol. The number of hydrogen-bond donors (Lipinski definition) is 0. The van der Waals surface area contributed by atoms with Gasteiger partial charge in [-0.15, -0.1) is 0 Å². The van der Waals surface area contributed by atoms with Crippen LogP contribution in [0.3, 0.4) is 0 Å². The average molecular weight is 218 g/mol. The molecule has 0 saturated carbocycles. The van der Waals surface area contributed by atoms with Gasteiger partial charge in [0.25, 0.3) is 0 Å². The smallest absolute Gasteiger partial charge is 0.132 e. The largest absolute Gasteiger partial charge is 0.485 e. The lowest BCUT2D eigenvalue weighted by molar-refractivity contribution is 0.0725. The molecule has 2 heteroatoms. The van der Waals surface area contributed by atoms with Crippen molar-refractivity contribution in [3.63, 3.8) is 0 Å². The first-order valence-corrected chi connectivity index (χ1v) is 5.97. The maximum absolute atomic E-state index is 5.98. The molecule has 0 spiro atoms. The Labute approximate surface area is 96.6 Å². The van der Waals surface area contributed by atoms with Crippen LogP contribution < -0.4 is 4.74 Å². The normalized spacial score (nSPS) is 29.3. The summed E-state index contributed by atoms with van der Waals surface area (Å²) in [7, 11) is 0. The van der Waals surface area contributed by atoms with Crippen LogP contribution in [0.1, 0.15) is 50.8 Å². The fourth-order valence-electron chi connectivity index (χ4n) is 2.46. The number of rotatable bonds is 1. The van der Waals surface area contributed by atoms with E-state index in [1.165, 1.54) is 11.1 Å². The van der Waals surface area contributed by atoms with Gasteiger partial charge in [-0.1, -0.05) is 19.9 Å². The molecule has 0 radical (unpaired) electrons. The van der Waals surface area contributed by atoms with Crippen molar-refractivity contribution < 1.29 is 9.47 Å². The molecule has 0 N–H and O–H groups in total. The van der Waals surface area contributed by atoms with Crippen molar-refractivity contribution in [1.82, 2.24) is 0 Å². The van der Waals surface area contributed by atoms with Crippen LogP contribution in [-0.4, -0.2) is 11.7 Å². The summed E-state index contributed by atoms with van der Waals surface area (Å²) in [6.07, 6.45) is 0.500. The summed E-state index contributed by atoms with van der Waals surface area (Å²) in [6, 6.07) is 6.48. The van der Waals surface area contributed by atoms with E-state index in [0.29, 0.717) is 5.92 Å². The third-order valence-electron chi connectivity index (χ3n) is 3.56. The highest BCUT2D eigenvalue weighted by atomic mass is 16.6. The van der Waals surface area contributed by atoms with Crippen LogP contribution in [0.15, 0.2) is 18.2 Å². The van der Waals surface area contributed by atoms with Crippen molar-refractivity contribution in [1.29, 1.82) is 0 Å². The Morgan fingerprint density at radius 1 is 1.25 bits per heavy atom. The van der Waals surface area contributed by atoms with E-state index >= 15 is 0 Å². The molecule has 2 aliphatic heterocycles. The topological polar surface area (TPSA) is 21.8 Å². The molecule has 0 bridgehead atoms. The molecule has 2 atom stereocenters. The van der Waals surface area contributed by atoms with E-state index in [9.17, 15) is 0 Å². The van der Waals surface area contributed by atoms with Crippen LogP contribution in [0, 0.1) is 0 Å². The van der Waals surface area contributed by atoms with Crippen molar-refractivity contribution in [2.45, 2.75) is 51.4 Å². The molecule has 1 aromatic rings. The highest BCUT2D eigenvalue weighted by molar-refractivity contribution is 5.45. The van der Waals surface area contributed by atoms with Crippen molar-refractivity contribution in [3.05, 3.63) is 29.3 Å². The molecule has 2 aliphatic rings. The summed E-state index contributed by atoms with van der Waals surface area (Å²) in [5, 5.41) is 0. The summed E-state index contributed by atoms with van der Waals surface area (Å²) in [6.45, 7) is 8.61. The van der Waals surface area contributed by atoms with E-state index in [0.717, 1.165) is 5.75 Å². The van der Waals surface area contributed by atoms with Crippen LogP contribution in [0.4, 0.5) is 0 Å². The van der Waals surface area contributed by atoms with Gasteiger partial charge in [-0.05, 0) is 37.5 Å². The van der Waals surface area contributed by atoms with E-state index in [4.69, 9.17) is 9.47 Å². The molecule has 1 aromatic carbocycles. The van der Waals surface area contributed by atoms with E-state index in [2.05, 4.69) is 45.9 Å². The average Bonchev–Trinajstić information content (AvgIpc) is 2.97. The minimum atomic E-state index is -0.184. The van der Waals surface area contributed by atoms with Gasteiger partial charge in [-0.2, -0.15) is 0 Å². The zero-order valence-electron chi connectivity index (χ0n) is 10.3. The Bertz CT molecular complexity index is 434. The van der Waals surface area contributed by atoms with E-state index in [1.54, 1.807) is 0 Å². The summed E-state index contributed by atoms with van der Waals surface area (Å²) in [5.74, 6) is 1.55. The molecule has 86 valence electrons. The number of ether oxygens (including phenoxy) is 2. The Morgan fingerprint density at radius 3 is 2.69 bits per heavy atom. The van der Waals surface area contributed by atoms with Gasteiger partial charge in [0.05, 0.1) is 0 Å². The Kier molecular flexibility index (Phi) is 1.91. The van der Waals surface area contributed by atoms with Gasteiger partial charge >= 0.3 is 0 Å². The molecule has 16 heavy (non-hydrogen) atoms. The van der Waals surface area contributed by atoms with Crippen molar-refractivity contribution in [2.24, 2.45) is 0 Å². The van der Waals surface area contributed by atoms with Gasteiger partial charge < -0.3 is 9.47 Å². The summed E-state index contributed by atoms with van der Waals surface area (Å²) in [4.78, 5) is 0. The first kappa shape index (κ1) is 10.2. The highest BCUT2D eigenvalue weighted by Gasteiger charge is 2.56. The SMILES string of the molecule is CC(C)c1ccc2c(c1)[C@@H]1O[C@@H]1C(C)(C)O2. The molecule has 2 nitrogen and oxygen atoms in total. The van der Waals surface area contributed by atoms with Gasteiger partial charge in [0.2, 0.25) is 0 Å². The zero-order valence-corrected chi connectivity index (χ0v) is 10.3. The lowest BCUT2D eigenvalue weighted by Crippen LogP contribution is -2.37. The van der Waals surface area contributed by atoms with E-state index in [1.807, 2.05) is 0 Å². The molecule has 0 unspecified atom stereocenters. The van der Waals surface area contributed by atoms with Gasteiger partial charge in [0, 0.05) is 5.56 Å². The fourth-order valence-corrected chi connectivity index (χ4v) is 2.46. The monoisotopic (exact) mass is 218 g/mol. The number of hydrogen-bond acceptors (Lipinski definition) is 2. The second kappa shape index (κ2) is 3.01. The van der Waals surface area contributed by atoms with Crippen molar-refractivity contribution >= 4 is 0 Å². The Morgan fingerprint density at radius 2 is 2.00 bits per heavy atom. The molecule has 0 amide bonds. The zero-order chi connectivity index (χ0) is 11.5. The highest BCUT2D eigenvalue weighted by Crippen LogP contribution is 2.53. The number of benzene rings is 1. The maximum atomic E-state index is 5.98.